The number of carbonyl (C=O) groups excluding carboxylic acids is 1. The Labute approximate surface area is 101 Å². The minimum absolute atomic E-state index is 0.117. The summed E-state index contributed by atoms with van der Waals surface area (Å²) in [5, 5.41) is 12.9. The van der Waals surface area contributed by atoms with Crippen molar-refractivity contribution in [3.05, 3.63) is 29.3 Å². The molecule has 2 atom stereocenters. The molecule has 2 rings (SSSR count). The van der Waals surface area contributed by atoms with Crippen LogP contribution in [0.2, 0.25) is 0 Å². The molecule has 1 aliphatic rings. The summed E-state index contributed by atoms with van der Waals surface area (Å²) in [6, 6.07) is 5.30. The van der Waals surface area contributed by atoms with E-state index in [2.05, 4.69) is 10.1 Å². The first-order valence-corrected chi connectivity index (χ1v) is 5.78. The Morgan fingerprint density at radius 2 is 2.35 bits per heavy atom. The summed E-state index contributed by atoms with van der Waals surface area (Å²) < 4.78 is 4.68. The maximum Gasteiger partial charge on any atom is 0.322 e. The second-order valence-corrected chi connectivity index (χ2v) is 4.35. The number of aromatic hydroxyl groups is 1. The van der Waals surface area contributed by atoms with Gasteiger partial charge in [0.05, 0.1) is 7.11 Å². The molecule has 0 heterocycles. The van der Waals surface area contributed by atoms with Gasteiger partial charge in [-0.1, -0.05) is 12.1 Å². The molecule has 17 heavy (non-hydrogen) atoms. The molecule has 0 radical (unpaired) electrons. The monoisotopic (exact) mass is 235 g/mol. The zero-order chi connectivity index (χ0) is 12.4. The molecular weight excluding hydrogens is 218 g/mol. The molecule has 0 fully saturated rings. The highest BCUT2D eigenvalue weighted by molar-refractivity contribution is 5.75. The molecule has 2 unspecified atom stereocenters. The van der Waals surface area contributed by atoms with Crippen molar-refractivity contribution in [1.82, 2.24) is 5.32 Å². The van der Waals surface area contributed by atoms with Crippen LogP contribution in [0.1, 0.15) is 30.5 Å². The van der Waals surface area contributed by atoms with E-state index in [0.29, 0.717) is 5.75 Å². The number of esters is 1. The topological polar surface area (TPSA) is 58.6 Å². The fourth-order valence-electron chi connectivity index (χ4n) is 2.35. The van der Waals surface area contributed by atoms with E-state index < -0.39 is 0 Å². The van der Waals surface area contributed by atoms with Crippen LogP contribution in [0.15, 0.2) is 18.2 Å². The van der Waals surface area contributed by atoms with Gasteiger partial charge in [-0.3, -0.25) is 10.1 Å². The number of nitrogens with one attached hydrogen (secondary N) is 1. The van der Waals surface area contributed by atoms with Gasteiger partial charge in [-0.15, -0.1) is 0 Å². The van der Waals surface area contributed by atoms with Gasteiger partial charge < -0.3 is 9.84 Å². The second-order valence-electron chi connectivity index (χ2n) is 4.35. The molecule has 1 aromatic rings. The average molecular weight is 235 g/mol. The van der Waals surface area contributed by atoms with Gasteiger partial charge in [0, 0.05) is 6.04 Å². The van der Waals surface area contributed by atoms with Crippen LogP contribution in [0.4, 0.5) is 0 Å². The number of fused-ring (bicyclic) bond motifs is 1. The molecule has 0 saturated carbocycles. The van der Waals surface area contributed by atoms with Gasteiger partial charge in [-0.05, 0) is 37.0 Å². The summed E-state index contributed by atoms with van der Waals surface area (Å²) in [7, 11) is 1.38. The number of ether oxygens (including phenoxy) is 1. The molecule has 92 valence electrons. The molecule has 0 bridgehead atoms. The Hall–Kier alpha value is -1.55. The van der Waals surface area contributed by atoms with Crippen molar-refractivity contribution >= 4 is 5.97 Å². The molecule has 4 nitrogen and oxygen atoms in total. The Morgan fingerprint density at radius 1 is 1.59 bits per heavy atom. The van der Waals surface area contributed by atoms with Crippen LogP contribution in [0.5, 0.6) is 5.75 Å². The standard InChI is InChI=1S/C13H17NO3/c1-8(13(16)17-2)14-11-7-6-10-9(11)4-3-5-12(10)15/h3-5,8,11,14-15H,6-7H2,1-2H3. The van der Waals surface area contributed by atoms with Crippen LogP contribution in [0, 0.1) is 0 Å². The smallest absolute Gasteiger partial charge is 0.322 e. The zero-order valence-electron chi connectivity index (χ0n) is 10.1. The first-order valence-electron chi connectivity index (χ1n) is 5.78. The first-order chi connectivity index (χ1) is 8.13. The molecule has 0 spiro atoms. The van der Waals surface area contributed by atoms with E-state index in [0.717, 1.165) is 24.0 Å². The fourth-order valence-corrected chi connectivity index (χ4v) is 2.35. The van der Waals surface area contributed by atoms with E-state index in [-0.39, 0.29) is 18.1 Å². The second kappa shape index (κ2) is 4.75. The van der Waals surface area contributed by atoms with Gasteiger partial charge >= 0.3 is 5.97 Å². The van der Waals surface area contributed by atoms with Crippen LogP contribution in [0.3, 0.4) is 0 Å². The van der Waals surface area contributed by atoms with Gasteiger partial charge in [-0.25, -0.2) is 0 Å². The van der Waals surface area contributed by atoms with Crippen molar-refractivity contribution in [1.29, 1.82) is 0 Å². The van der Waals surface area contributed by atoms with Crippen LogP contribution in [0.25, 0.3) is 0 Å². The number of phenolic OH excluding ortho intramolecular Hbond substituents is 1. The number of phenols is 1. The van der Waals surface area contributed by atoms with Crippen LogP contribution < -0.4 is 5.32 Å². The van der Waals surface area contributed by atoms with E-state index in [1.165, 1.54) is 7.11 Å². The molecule has 4 heteroatoms. The molecular formula is C13H17NO3. The molecule has 0 amide bonds. The van der Waals surface area contributed by atoms with Crippen molar-refractivity contribution in [2.45, 2.75) is 31.8 Å². The van der Waals surface area contributed by atoms with Gasteiger partial charge in [-0.2, -0.15) is 0 Å². The Kier molecular flexibility index (Phi) is 3.33. The zero-order valence-corrected chi connectivity index (χ0v) is 10.1. The van der Waals surface area contributed by atoms with E-state index in [1.807, 2.05) is 12.1 Å². The molecule has 0 aliphatic heterocycles. The van der Waals surface area contributed by atoms with E-state index in [4.69, 9.17) is 0 Å². The lowest BCUT2D eigenvalue weighted by Gasteiger charge is -2.18. The van der Waals surface area contributed by atoms with E-state index >= 15 is 0 Å². The number of carbonyl (C=O) groups is 1. The largest absolute Gasteiger partial charge is 0.508 e. The van der Waals surface area contributed by atoms with Crippen LogP contribution in [-0.2, 0) is 16.0 Å². The summed E-state index contributed by atoms with van der Waals surface area (Å²) in [5.74, 6) is 0.0797. The average Bonchev–Trinajstić information content (AvgIpc) is 2.73. The predicted molar refractivity (Wildman–Crippen MR) is 63.8 cm³/mol. The number of hydrogen-bond donors (Lipinski definition) is 2. The summed E-state index contributed by atoms with van der Waals surface area (Å²) in [4.78, 5) is 11.3. The highest BCUT2D eigenvalue weighted by atomic mass is 16.5. The highest BCUT2D eigenvalue weighted by Gasteiger charge is 2.27. The fraction of sp³-hybridized carbons (Fsp3) is 0.462. The minimum atomic E-state index is -0.335. The third kappa shape index (κ3) is 2.26. The van der Waals surface area contributed by atoms with Gasteiger partial charge in [0.2, 0.25) is 0 Å². The molecule has 0 saturated heterocycles. The maximum atomic E-state index is 11.3. The number of methoxy groups -OCH3 is 1. The summed E-state index contributed by atoms with van der Waals surface area (Å²) in [6.07, 6.45) is 1.74. The normalized spacial score (nSPS) is 19.8. The van der Waals surface area contributed by atoms with E-state index in [1.54, 1.807) is 13.0 Å². The SMILES string of the molecule is COC(=O)C(C)NC1CCc2c(O)cccc21. The number of rotatable bonds is 3. The quantitative estimate of drug-likeness (QED) is 0.780. The number of hydrogen-bond acceptors (Lipinski definition) is 4. The highest BCUT2D eigenvalue weighted by Crippen LogP contribution is 2.36. The Bertz CT molecular complexity index is 431. The number of benzene rings is 1. The maximum absolute atomic E-state index is 11.3. The molecule has 2 N–H and O–H groups in total. The van der Waals surface area contributed by atoms with Gasteiger partial charge in [0.15, 0.2) is 0 Å². The van der Waals surface area contributed by atoms with Crippen molar-refractivity contribution in [2.75, 3.05) is 7.11 Å². The Morgan fingerprint density at radius 3 is 3.06 bits per heavy atom. The van der Waals surface area contributed by atoms with E-state index in [9.17, 15) is 9.90 Å². The summed E-state index contributed by atoms with van der Waals surface area (Å²) in [5.41, 5.74) is 2.07. The molecule has 1 aliphatic carbocycles. The van der Waals surface area contributed by atoms with Crippen molar-refractivity contribution in [3.8, 4) is 5.75 Å². The molecule has 0 aromatic heterocycles. The predicted octanol–water partition coefficient (Wildman–Crippen LogP) is 1.53. The lowest BCUT2D eigenvalue weighted by molar-refractivity contribution is -0.142. The third-order valence-electron chi connectivity index (χ3n) is 3.25. The third-order valence-corrected chi connectivity index (χ3v) is 3.25. The lowest BCUT2D eigenvalue weighted by atomic mass is 10.1. The van der Waals surface area contributed by atoms with Crippen molar-refractivity contribution < 1.29 is 14.6 Å². The van der Waals surface area contributed by atoms with Gasteiger partial charge in [0.25, 0.3) is 0 Å². The van der Waals surface area contributed by atoms with Crippen LogP contribution >= 0.6 is 0 Å². The first kappa shape index (κ1) is 11.9. The Balaban J connectivity index is 2.12. The van der Waals surface area contributed by atoms with Crippen molar-refractivity contribution in [3.63, 3.8) is 0 Å². The van der Waals surface area contributed by atoms with Crippen LogP contribution in [-0.4, -0.2) is 24.2 Å². The van der Waals surface area contributed by atoms with Crippen molar-refractivity contribution in [2.24, 2.45) is 0 Å². The summed E-state index contributed by atoms with van der Waals surface area (Å²) in [6.45, 7) is 1.78. The summed E-state index contributed by atoms with van der Waals surface area (Å²) >= 11 is 0. The van der Waals surface area contributed by atoms with Gasteiger partial charge in [0.1, 0.15) is 11.8 Å². The molecule has 1 aromatic carbocycles. The lowest BCUT2D eigenvalue weighted by Crippen LogP contribution is -2.36. The minimum Gasteiger partial charge on any atom is -0.508 e.